The third kappa shape index (κ3) is 4.26. The van der Waals surface area contributed by atoms with Gasteiger partial charge in [-0.05, 0) is 39.2 Å². The molecule has 1 heterocycles. The number of benzene rings is 1. The third-order valence-electron chi connectivity index (χ3n) is 4.35. The van der Waals surface area contributed by atoms with Crippen LogP contribution >= 0.6 is 0 Å². The Morgan fingerprint density at radius 3 is 2.22 bits per heavy atom. The summed E-state index contributed by atoms with van der Waals surface area (Å²) in [6.07, 6.45) is -2.43. The van der Waals surface area contributed by atoms with Gasteiger partial charge in [-0.1, -0.05) is 24.3 Å². The van der Waals surface area contributed by atoms with E-state index in [-0.39, 0.29) is 5.82 Å². The lowest BCUT2D eigenvalue weighted by molar-refractivity contribution is -0.140. The zero-order chi connectivity index (χ0) is 20.0. The Balaban J connectivity index is 1.78. The van der Waals surface area contributed by atoms with Crippen molar-refractivity contribution >= 4 is 6.09 Å². The Labute approximate surface area is 155 Å². The first-order valence-corrected chi connectivity index (χ1v) is 8.62. The van der Waals surface area contributed by atoms with Gasteiger partial charge >= 0.3 is 12.3 Å². The highest BCUT2D eigenvalue weighted by Crippen LogP contribution is 2.46. The van der Waals surface area contributed by atoms with E-state index in [1.807, 2.05) is 12.1 Å². The Hall–Kier alpha value is -2.51. The topological polar surface area (TPSA) is 56.2 Å². The fraction of sp³-hybridized carbons (Fsp3) is 0.474. The molecule has 1 aliphatic carbocycles. The molecule has 1 fully saturated rings. The smallest absolute Gasteiger partial charge is 0.434 e. The molecule has 0 aliphatic heterocycles. The van der Waals surface area contributed by atoms with Crippen LogP contribution in [0.4, 0.5) is 18.0 Å². The van der Waals surface area contributed by atoms with E-state index in [2.05, 4.69) is 10.3 Å². The molecular weight excluding hydrogens is 359 g/mol. The van der Waals surface area contributed by atoms with E-state index < -0.39 is 29.1 Å². The first-order chi connectivity index (χ1) is 12.4. The van der Waals surface area contributed by atoms with Gasteiger partial charge in [-0.3, -0.25) is 0 Å². The lowest BCUT2D eigenvalue weighted by Gasteiger charge is -2.23. The Morgan fingerprint density at radius 2 is 1.78 bits per heavy atom. The molecular formula is C19H22F3N3O2. The van der Waals surface area contributed by atoms with Gasteiger partial charge in [-0.25, -0.2) is 9.78 Å². The summed E-state index contributed by atoms with van der Waals surface area (Å²) in [7, 11) is 1.53. The SMILES string of the molecule is Cn1cc(C(F)(F)F)nc1-c1ccc(C2(NC(=O)OC(C)(C)C)CC2)cc1. The number of aromatic nitrogens is 2. The van der Waals surface area contributed by atoms with Gasteiger partial charge in [0, 0.05) is 18.8 Å². The van der Waals surface area contributed by atoms with Crippen molar-refractivity contribution in [2.24, 2.45) is 7.05 Å². The lowest BCUT2D eigenvalue weighted by Crippen LogP contribution is -2.39. The zero-order valence-corrected chi connectivity index (χ0v) is 15.6. The van der Waals surface area contributed by atoms with Gasteiger partial charge in [0.05, 0.1) is 5.54 Å². The van der Waals surface area contributed by atoms with Crippen LogP contribution in [-0.2, 0) is 23.5 Å². The number of nitrogens with one attached hydrogen (secondary N) is 1. The van der Waals surface area contributed by atoms with Crippen LogP contribution in [0.3, 0.4) is 0 Å². The van der Waals surface area contributed by atoms with Gasteiger partial charge in [0.15, 0.2) is 5.69 Å². The maximum absolute atomic E-state index is 12.8. The number of ether oxygens (including phenoxy) is 1. The number of imidazole rings is 1. The average Bonchev–Trinajstić information content (AvgIpc) is 3.17. The highest BCUT2D eigenvalue weighted by atomic mass is 19.4. The molecule has 3 rings (SSSR count). The maximum Gasteiger partial charge on any atom is 0.434 e. The molecule has 0 spiro atoms. The highest BCUT2D eigenvalue weighted by Gasteiger charge is 2.46. The Bertz CT molecular complexity index is 845. The van der Waals surface area contributed by atoms with Crippen LogP contribution in [-0.4, -0.2) is 21.2 Å². The van der Waals surface area contributed by atoms with Crippen molar-refractivity contribution in [2.45, 2.75) is 50.9 Å². The molecule has 5 nitrogen and oxygen atoms in total. The number of alkyl carbamates (subject to hydrolysis) is 1. The second-order valence-electron chi connectivity index (χ2n) is 7.84. The van der Waals surface area contributed by atoms with Gasteiger partial charge in [0.1, 0.15) is 11.4 Å². The van der Waals surface area contributed by atoms with Crippen LogP contribution in [0.5, 0.6) is 0 Å². The van der Waals surface area contributed by atoms with Gasteiger partial charge in [0.2, 0.25) is 0 Å². The quantitative estimate of drug-likeness (QED) is 0.844. The summed E-state index contributed by atoms with van der Waals surface area (Å²) >= 11 is 0. The molecule has 146 valence electrons. The molecule has 2 aromatic rings. The number of amides is 1. The van der Waals surface area contributed by atoms with Crippen LogP contribution < -0.4 is 5.32 Å². The van der Waals surface area contributed by atoms with Crippen molar-refractivity contribution < 1.29 is 22.7 Å². The lowest BCUT2D eigenvalue weighted by atomic mass is 10.0. The molecule has 0 bridgehead atoms. The average molecular weight is 381 g/mol. The summed E-state index contributed by atoms with van der Waals surface area (Å²) < 4.78 is 45.2. The second-order valence-corrected chi connectivity index (χ2v) is 7.84. The van der Waals surface area contributed by atoms with E-state index in [9.17, 15) is 18.0 Å². The molecule has 1 aromatic carbocycles. The Morgan fingerprint density at radius 1 is 1.19 bits per heavy atom. The number of halogens is 3. The van der Waals surface area contributed by atoms with E-state index in [1.54, 1.807) is 32.9 Å². The highest BCUT2D eigenvalue weighted by molar-refractivity contribution is 5.70. The number of aryl methyl sites for hydroxylation is 1. The number of alkyl halides is 3. The minimum absolute atomic E-state index is 0.235. The van der Waals surface area contributed by atoms with Crippen molar-refractivity contribution in [3.8, 4) is 11.4 Å². The minimum atomic E-state index is -4.48. The molecule has 0 radical (unpaired) electrons. The molecule has 27 heavy (non-hydrogen) atoms. The van der Waals surface area contributed by atoms with Gasteiger partial charge < -0.3 is 14.6 Å². The fourth-order valence-electron chi connectivity index (χ4n) is 2.92. The van der Waals surface area contributed by atoms with Crippen molar-refractivity contribution in [1.29, 1.82) is 0 Å². The number of hydrogen-bond acceptors (Lipinski definition) is 3. The van der Waals surface area contributed by atoms with Crippen molar-refractivity contribution in [3.05, 3.63) is 41.7 Å². The van der Waals surface area contributed by atoms with Crippen LogP contribution in [0.25, 0.3) is 11.4 Å². The monoisotopic (exact) mass is 381 g/mol. The van der Waals surface area contributed by atoms with Gasteiger partial charge in [-0.15, -0.1) is 0 Å². The summed E-state index contributed by atoms with van der Waals surface area (Å²) in [5.74, 6) is 0.235. The molecule has 1 amide bonds. The Kier molecular flexibility index (Phi) is 4.48. The van der Waals surface area contributed by atoms with Crippen LogP contribution in [0.1, 0.15) is 44.9 Å². The van der Waals surface area contributed by atoms with Gasteiger partial charge in [-0.2, -0.15) is 13.2 Å². The first kappa shape index (κ1) is 19.3. The maximum atomic E-state index is 12.8. The first-order valence-electron chi connectivity index (χ1n) is 8.62. The summed E-state index contributed by atoms with van der Waals surface area (Å²) in [5, 5.41) is 2.90. The predicted molar refractivity (Wildman–Crippen MR) is 93.9 cm³/mol. The van der Waals surface area contributed by atoms with Crippen molar-refractivity contribution in [3.63, 3.8) is 0 Å². The normalized spacial score (nSPS) is 16.1. The number of nitrogens with zero attached hydrogens (tertiary/aromatic N) is 2. The van der Waals surface area contributed by atoms with E-state index in [0.717, 1.165) is 24.6 Å². The summed E-state index contributed by atoms with van der Waals surface area (Å²) in [6.45, 7) is 5.38. The molecule has 0 saturated heterocycles. The molecule has 0 unspecified atom stereocenters. The molecule has 8 heteroatoms. The fourth-order valence-corrected chi connectivity index (χ4v) is 2.92. The molecule has 1 N–H and O–H groups in total. The minimum Gasteiger partial charge on any atom is -0.444 e. The standard InChI is InChI=1S/C19H22F3N3O2/c1-17(2,3)27-16(26)24-18(9-10-18)13-7-5-12(6-8-13)15-23-14(11-25(15)4)19(20,21)22/h5-8,11H,9-10H2,1-4H3,(H,24,26). The molecule has 0 atom stereocenters. The summed E-state index contributed by atoms with van der Waals surface area (Å²) in [6, 6.07) is 7.05. The van der Waals surface area contributed by atoms with E-state index in [1.165, 1.54) is 11.6 Å². The van der Waals surface area contributed by atoms with E-state index in [4.69, 9.17) is 4.74 Å². The zero-order valence-electron chi connectivity index (χ0n) is 15.6. The van der Waals surface area contributed by atoms with Crippen molar-refractivity contribution in [2.75, 3.05) is 0 Å². The van der Waals surface area contributed by atoms with Gasteiger partial charge in [0.25, 0.3) is 0 Å². The van der Waals surface area contributed by atoms with Crippen LogP contribution in [0.2, 0.25) is 0 Å². The van der Waals surface area contributed by atoms with Crippen LogP contribution in [0, 0.1) is 0 Å². The number of hydrogen-bond donors (Lipinski definition) is 1. The van der Waals surface area contributed by atoms with Crippen LogP contribution in [0.15, 0.2) is 30.5 Å². The number of carbonyl (C=O) groups is 1. The van der Waals surface area contributed by atoms with Crippen molar-refractivity contribution in [1.82, 2.24) is 14.9 Å². The molecule has 1 saturated carbocycles. The molecule has 1 aromatic heterocycles. The third-order valence-corrected chi connectivity index (χ3v) is 4.35. The summed E-state index contributed by atoms with van der Waals surface area (Å²) in [4.78, 5) is 15.8. The molecule has 1 aliphatic rings. The van der Waals surface area contributed by atoms with E-state index in [0.29, 0.717) is 5.56 Å². The predicted octanol–water partition coefficient (Wildman–Crippen LogP) is 4.62. The second kappa shape index (κ2) is 6.28. The van der Waals surface area contributed by atoms with E-state index >= 15 is 0 Å². The summed E-state index contributed by atoms with van der Waals surface area (Å²) in [5.41, 5.74) is -0.514. The number of carbonyl (C=O) groups excluding carboxylic acids is 1. The largest absolute Gasteiger partial charge is 0.444 e. The number of rotatable bonds is 3.